The Labute approximate surface area is 188 Å². The van der Waals surface area contributed by atoms with E-state index < -0.39 is 33.9 Å². The molecule has 0 radical (unpaired) electrons. The van der Waals surface area contributed by atoms with Crippen LogP contribution in [-0.2, 0) is 16.4 Å². The normalized spacial score (nSPS) is 15.6. The molecular formula is C21H23F3N6O2S. The van der Waals surface area contributed by atoms with Gasteiger partial charge in [-0.3, -0.25) is 0 Å². The second-order valence-electron chi connectivity index (χ2n) is 8.02. The Morgan fingerprint density at radius 1 is 1.06 bits per heavy atom. The van der Waals surface area contributed by atoms with Crippen LogP contribution < -0.4 is 10.5 Å². The van der Waals surface area contributed by atoms with Crippen LogP contribution in [0.1, 0.15) is 36.3 Å². The second kappa shape index (κ2) is 9.20. The summed E-state index contributed by atoms with van der Waals surface area (Å²) >= 11 is 0. The second-order valence-corrected chi connectivity index (χ2v) is 9.52. The van der Waals surface area contributed by atoms with Crippen molar-refractivity contribution in [2.24, 2.45) is 5.14 Å². The number of alkyl halides is 3. The third kappa shape index (κ3) is 5.40. The maximum absolute atomic E-state index is 12.9. The lowest BCUT2D eigenvalue weighted by Gasteiger charge is -2.23. The molecule has 0 spiro atoms. The fourth-order valence-corrected chi connectivity index (χ4v) is 5.27. The highest BCUT2D eigenvalue weighted by molar-refractivity contribution is 7.89. The number of aromatic nitrogens is 4. The highest BCUT2D eigenvalue weighted by Gasteiger charge is 2.31. The Bertz CT molecular complexity index is 1210. The molecule has 4 N–H and O–H groups in total. The van der Waals surface area contributed by atoms with Crippen molar-refractivity contribution in [3.63, 3.8) is 0 Å². The van der Waals surface area contributed by atoms with Crippen LogP contribution in [0.2, 0.25) is 0 Å². The summed E-state index contributed by atoms with van der Waals surface area (Å²) in [5, 5.41) is 22.3. The molecule has 33 heavy (non-hydrogen) atoms. The molecule has 0 aliphatic carbocycles. The van der Waals surface area contributed by atoms with E-state index in [0.717, 1.165) is 25.9 Å². The van der Waals surface area contributed by atoms with E-state index in [4.69, 9.17) is 5.14 Å². The van der Waals surface area contributed by atoms with Gasteiger partial charge in [-0.1, -0.05) is 36.4 Å². The van der Waals surface area contributed by atoms with Crippen LogP contribution in [0.5, 0.6) is 0 Å². The smallest absolute Gasteiger partial charge is 0.317 e. The van der Waals surface area contributed by atoms with Crippen LogP contribution in [0.4, 0.5) is 13.2 Å². The third-order valence-corrected chi connectivity index (χ3v) is 6.84. The standard InChI is InChI=1S/C21H23F3N6O2S/c22-21(23,24)10-7-16-5-6-17(18(19(16)33(25,31)32)20-27-29-30-28-20)15-3-1-13(2-4-15)14-8-11-26-12-9-14/h1-6,14,26H,7-12H2,(H2,25,31,32)(H,27,28,29,30). The summed E-state index contributed by atoms with van der Waals surface area (Å²) in [6.07, 6.45) is -4.14. The van der Waals surface area contributed by atoms with Crippen LogP contribution in [0.15, 0.2) is 41.3 Å². The molecule has 0 unspecified atom stereocenters. The lowest BCUT2D eigenvalue weighted by molar-refractivity contribution is -0.134. The lowest BCUT2D eigenvalue weighted by atomic mass is 9.88. The molecule has 2 heterocycles. The molecule has 1 aromatic heterocycles. The van der Waals surface area contributed by atoms with Crippen LogP contribution in [-0.4, -0.2) is 48.3 Å². The number of benzene rings is 2. The molecule has 4 rings (SSSR count). The van der Waals surface area contributed by atoms with Crippen molar-refractivity contribution >= 4 is 10.0 Å². The van der Waals surface area contributed by atoms with Crippen molar-refractivity contribution in [1.29, 1.82) is 0 Å². The maximum Gasteiger partial charge on any atom is 0.389 e. The van der Waals surface area contributed by atoms with Crippen LogP contribution in [0, 0.1) is 0 Å². The number of tetrazole rings is 1. The molecule has 2 aromatic carbocycles. The van der Waals surface area contributed by atoms with E-state index in [2.05, 4.69) is 25.9 Å². The van der Waals surface area contributed by atoms with Gasteiger partial charge in [-0.2, -0.15) is 18.4 Å². The number of piperidine rings is 1. The minimum Gasteiger partial charge on any atom is -0.317 e. The molecule has 0 amide bonds. The van der Waals surface area contributed by atoms with Crippen molar-refractivity contribution in [3.8, 4) is 22.5 Å². The monoisotopic (exact) mass is 480 g/mol. The first-order valence-electron chi connectivity index (χ1n) is 10.4. The number of aromatic amines is 1. The molecule has 0 bridgehead atoms. The molecule has 1 saturated heterocycles. The summed E-state index contributed by atoms with van der Waals surface area (Å²) < 4.78 is 63.6. The van der Waals surface area contributed by atoms with Gasteiger partial charge in [0.2, 0.25) is 15.8 Å². The van der Waals surface area contributed by atoms with Gasteiger partial charge in [-0.15, -0.1) is 10.2 Å². The van der Waals surface area contributed by atoms with Gasteiger partial charge in [0.25, 0.3) is 0 Å². The highest BCUT2D eigenvalue weighted by Crippen LogP contribution is 2.39. The zero-order chi connectivity index (χ0) is 23.6. The van der Waals surface area contributed by atoms with E-state index in [0.29, 0.717) is 17.0 Å². The Balaban J connectivity index is 1.83. The third-order valence-electron chi connectivity index (χ3n) is 5.80. The van der Waals surface area contributed by atoms with Gasteiger partial charge in [0.1, 0.15) is 0 Å². The molecule has 12 heteroatoms. The molecule has 8 nitrogen and oxygen atoms in total. The number of sulfonamides is 1. The van der Waals surface area contributed by atoms with Gasteiger partial charge in [-0.05, 0) is 65.7 Å². The number of primary sulfonamides is 1. The minimum atomic E-state index is -4.45. The van der Waals surface area contributed by atoms with E-state index in [1.165, 1.54) is 11.6 Å². The molecule has 176 valence electrons. The van der Waals surface area contributed by atoms with Gasteiger partial charge >= 0.3 is 6.18 Å². The van der Waals surface area contributed by atoms with Crippen LogP contribution in [0.25, 0.3) is 22.5 Å². The first-order valence-corrected chi connectivity index (χ1v) is 12.0. The van der Waals surface area contributed by atoms with E-state index in [-0.39, 0.29) is 17.0 Å². The Morgan fingerprint density at radius 3 is 2.33 bits per heavy atom. The van der Waals surface area contributed by atoms with Gasteiger partial charge < -0.3 is 5.32 Å². The largest absolute Gasteiger partial charge is 0.389 e. The van der Waals surface area contributed by atoms with Gasteiger partial charge in [0.05, 0.1) is 10.5 Å². The van der Waals surface area contributed by atoms with Gasteiger partial charge in [0, 0.05) is 6.42 Å². The number of hydrogen-bond acceptors (Lipinski definition) is 6. The number of halogens is 3. The van der Waals surface area contributed by atoms with Crippen molar-refractivity contribution in [3.05, 3.63) is 47.5 Å². The summed E-state index contributed by atoms with van der Waals surface area (Å²) in [5.41, 5.74) is 2.26. The number of rotatable bonds is 6. The summed E-state index contributed by atoms with van der Waals surface area (Å²) in [4.78, 5) is -0.423. The van der Waals surface area contributed by atoms with Gasteiger partial charge in [0.15, 0.2) is 0 Å². The molecule has 1 fully saturated rings. The van der Waals surface area contributed by atoms with Crippen molar-refractivity contribution in [2.75, 3.05) is 13.1 Å². The summed E-state index contributed by atoms with van der Waals surface area (Å²) in [6.45, 7) is 1.90. The number of nitrogens with one attached hydrogen (secondary N) is 2. The molecular weight excluding hydrogens is 457 g/mol. The number of nitrogens with two attached hydrogens (primary N) is 1. The Hall–Kier alpha value is -2.83. The topological polar surface area (TPSA) is 127 Å². The van der Waals surface area contributed by atoms with E-state index in [9.17, 15) is 21.6 Å². The van der Waals surface area contributed by atoms with Gasteiger partial charge in [-0.25, -0.2) is 13.6 Å². The van der Waals surface area contributed by atoms with Crippen LogP contribution in [0.3, 0.4) is 0 Å². The fraction of sp³-hybridized carbons (Fsp3) is 0.381. The SMILES string of the molecule is NS(=O)(=O)c1c(CCC(F)(F)F)ccc(-c2ccc(C3CCNCC3)cc2)c1-c1nn[nH]n1. The lowest BCUT2D eigenvalue weighted by Crippen LogP contribution is -2.26. The zero-order valence-electron chi connectivity index (χ0n) is 17.6. The van der Waals surface area contributed by atoms with E-state index in [1.54, 1.807) is 6.07 Å². The number of aryl methyl sites for hydroxylation is 1. The zero-order valence-corrected chi connectivity index (χ0v) is 18.4. The summed E-state index contributed by atoms with van der Waals surface area (Å²) in [7, 11) is -4.41. The summed E-state index contributed by atoms with van der Waals surface area (Å²) in [6, 6.07) is 10.6. The average Bonchev–Trinajstić information content (AvgIpc) is 3.31. The highest BCUT2D eigenvalue weighted by atomic mass is 32.2. The number of nitrogens with zero attached hydrogens (tertiary/aromatic N) is 3. The quantitative estimate of drug-likeness (QED) is 0.498. The first kappa shape index (κ1) is 23.3. The van der Waals surface area contributed by atoms with Crippen LogP contribution >= 0.6 is 0 Å². The fourth-order valence-electron chi connectivity index (χ4n) is 4.24. The molecule has 3 aromatic rings. The maximum atomic E-state index is 12.9. The number of H-pyrrole nitrogens is 1. The predicted molar refractivity (Wildman–Crippen MR) is 116 cm³/mol. The van der Waals surface area contributed by atoms with Crippen molar-refractivity contribution < 1.29 is 21.6 Å². The molecule has 0 saturated carbocycles. The van der Waals surface area contributed by atoms with E-state index >= 15 is 0 Å². The Kier molecular flexibility index (Phi) is 6.50. The number of hydrogen-bond donors (Lipinski definition) is 3. The van der Waals surface area contributed by atoms with Crippen molar-refractivity contribution in [1.82, 2.24) is 25.9 Å². The van der Waals surface area contributed by atoms with E-state index in [1.807, 2.05) is 24.3 Å². The molecule has 1 aliphatic heterocycles. The molecule has 1 aliphatic rings. The first-order chi connectivity index (χ1) is 15.6. The summed E-state index contributed by atoms with van der Waals surface area (Å²) in [5.74, 6) is 0.368. The van der Waals surface area contributed by atoms with Crippen molar-refractivity contribution in [2.45, 2.75) is 42.7 Å². The average molecular weight is 481 g/mol. The predicted octanol–water partition coefficient (Wildman–Crippen LogP) is 3.14. The Morgan fingerprint density at radius 2 is 1.76 bits per heavy atom. The molecule has 0 atom stereocenters. The minimum absolute atomic E-state index is 0.0283.